The molecule has 3 heteroatoms. The number of hydrogen-bond donors (Lipinski definition) is 0. The van der Waals surface area contributed by atoms with Crippen molar-refractivity contribution < 1.29 is 9.63 Å². The van der Waals surface area contributed by atoms with E-state index in [1.54, 1.807) is 5.06 Å². The molecule has 1 aliphatic heterocycles. The SMILES string of the molecule is CCC(CC)C(=O)N1CCCCO1. The van der Waals surface area contributed by atoms with E-state index >= 15 is 0 Å². The van der Waals surface area contributed by atoms with E-state index in [0.717, 1.165) is 32.2 Å². The Morgan fingerprint density at radius 2 is 2.08 bits per heavy atom. The molecule has 1 saturated heterocycles. The van der Waals surface area contributed by atoms with Crippen molar-refractivity contribution in [3.8, 4) is 0 Å². The van der Waals surface area contributed by atoms with Gasteiger partial charge in [0.1, 0.15) is 0 Å². The Morgan fingerprint density at radius 3 is 2.54 bits per heavy atom. The molecule has 0 atom stereocenters. The summed E-state index contributed by atoms with van der Waals surface area (Å²) in [5.74, 6) is 0.322. The van der Waals surface area contributed by atoms with Crippen LogP contribution in [0.25, 0.3) is 0 Å². The summed E-state index contributed by atoms with van der Waals surface area (Å²) in [5.41, 5.74) is 0. The van der Waals surface area contributed by atoms with Gasteiger partial charge in [0.15, 0.2) is 0 Å². The van der Waals surface area contributed by atoms with E-state index in [-0.39, 0.29) is 11.8 Å². The second-order valence-corrected chi connectivity index (χ2v) is 3.49. The summed E-state index contributed by atoms with van der Waals surface area (Å²) in [6.07, 6.45) is 3.98. The first-order chi connectivity index (χ1) is 6.29. The Morgan fingerprint density at radius 1 is 1.38 bits per heavy atom. The molecule has 0 saturated carbocycles. The molecule has 3 nitrogen and oxygen atoms in total. The summed E-state index contributed by atoms with van der Waals surface area (Å²) in [6, 6.07) is 0. The number of amides is 1. The van der Waals surface area contributed by atoms with Crippen LogP contribution in [0.3, 0.4) is 0 Å². The van der Waals surface area contributed by atoms with Crippen molar-refractivity contribution in [3.63, 3.8) is 0 Å². The summed E-state index contributed by atoms with van der Waals surface area (Å²) in [4.78, 5) is 17.1. The molecule has 0 aromatic heterocycles. The lowest BCUT2D eigenvalue weighted by molar-refractivity contribution is -0.201. The minimum Gasteiger partial charge on any atom is -0.272 e. The summed E-state index contributed by atoms with van der Waals surface area (Å²) >= 11 is 0. The van der Waals surface area contributed by atoms with Gasteiger partial charge in [-0.05, 0) is 25.7 Å². The van der Waals surface area contributed by atoms with Gasteiger partial charge >= 0.3 is 0 Å². The molecule has 0 radical (unpaired) electrons. The fourth-order valence-electron chi connectivity index (χ4n) is 1.61. The number of rotatable bonds is 3. The van der Waals surface area contributed by atoms with Crippen molar-refractivity contribution in [2.75, 3.05) is 13.2 Å². The zero-order valence-electron chi connectivity index (χ0n) is 8.58. The average Bonchev–Trinajstić information content (AvgIpc) is 2.21. The highest BCUT2D eigenvalue weighted by atomic mass is 16.7. The predicted molar refractivity (Wildman–Crippen MR) is 51.0 cm³/mol. The van der Waals surface area contributed by atoms with Crippen LogP contribution in [0.2, 0.25) is 0 Å². The molecule has 0 N–H and O–H groups in total. The van der Waals surface area contributed by atoms with Crippen LogP contribution in [0.4, 0.5) is 0 Å². The second kappa shape index (κ2) is 5.22. The van der Waals surface area contributed by atoms with Gasteiger partial charge in [-0.1, -0.05) is 13.8 Å². The van der Waals surface area contributed by atoms with Crippen LogP contribution in [0.5, 0.6) is 0 Å². The van der Waals surface area contributed by atoms with Crippen molar-refractivity contribution in [3.05, 3.63) is 0 Å². The minimum absolute atomic E-state index is 0.151. The van der Waals surface area contributed by atoms with Gasteiger partial charge in [-0.15, -0.1) is 0 Å². The van der Waals surface area contributed by atoms with Crippen LogP contribution in [0.15, 0.2) is 0 Å². The van der Waals surface area contributed by atoms with Crippen LogP contribution in [0.1, 0.15) is 39.5 Å². The smallest absolute Gasteiger partial charge is 0.249 e. The lowest BCUT2D eigenvalue weighted by Gasteiger charge is -2.28. The molecule has 0 bridgehead atoms. The van der Waals surface area contributed by atoms with Crippen molar-refractivity contribution in [2.45, 2.75) is 39.5 Å². The van der Waals surface area contributed by atoms with Gasteiger partial charge in [0, 0.05) is 12.5 Å². The monoisotopic (exact) mass is 185 g/mol. The van der Waals surface area contributed by atoms with Crippen molar-refractivity contribution >= 4 is 5.91 Å². The molecule has 13 heavy (non-hydrogen) atoms. The Kier molecular flexibility index (Phi) is 4.22. The Balaban J connectivity index is 2.44. The highest BCUT2D eigenvalue weighted by Gasteiger charge is 2.23. The predicted octanol–water partition coefficient (Wildman–Crippen LogP) is 1.98. The highest BCUT2D eigenvalue weighted by Crippen LogP contribution is 2.15. The van der Waals surface area contributed by atoms with Gasteiger partial charge in [0.05, 0.1) is 6.61 Å². The van der Waals surface area contributed by atoms with E-state index in [2.05, 4.69) is 13.8 Å². The zero-order chi connectivity index (χ0) is 9.68. The summed E-state index contributed by atoms with van der Waals surface area (Å²) in [6.45, 7) is 5.58. The van der Waals surface area contributed by atoms with E-state index in [1.807, 2.05) is 0 Å². The van der Waals surface area contributed by atoms with Gasteiger partial charge < -0.3 is 0 Å². The Labute approximate surface area is 80.0 Å². The summed E-state index contributed by atoms with van der Waals surface area (Å²) < 4.78 is 0. The quantitative estimate of drug-likeness (QED) is 0.672. The molecule has 0 unspecified atom stereocenters. The lowest BCUT2D eigenvalue weighted by atomic mass is 10.0. The maximum Gasteiger partial charge on any atom is 0.249 e. The molecule has 1 heterocycles. The summed E-state index contributed by atoms with van der Waals surface area (Å²) in [5, 5.41) is 1.56. The lowest BCUT2D eigenvalue weighted by Crippen LogP contribution is -2.39. The van der Waals surface area contributed by atoms with Crippen molar-refractivity contribution in [1.29, 1.82) is 0 Å². The molecule has 0 aromatic rings. The number of hydrogen-bond acceptors (Lipinski definition) is 2. The van der Waals surface area contributed by atoms with E-state index in [0.29, 0.717) is 6.61 Å². The first-order valence-electron chi connectivity index (χ1n) is 5.23. The van der Waals surface area contributed by atoms with Crippen LogP contribution in [0, 0.1) is 5.92 Å². The second-order valence-electron chi connectivity index (χ2n) is 3.49. The fourth-order valence-corrected chi connectivity index (χ4v) is 1.61. The molecule has 76 valence electrons. The molecule has 0 aliphatic carbocycles. The van der Waals surface area contributed by atoms with E-state index < -0.39 is 0 Å². The maximum absolute atomic E-state index is 11.8. The number of nitrogens with zero attached hydrogens (tertiary/aromatic N) is 1. The van der Waals surface area contributed by atoms with Crippen LogP contribution in [-0.4, -0.2) is 24.1 Å². The minimum atomic E-state index is 0.151. The fraction of sp³-hybridized carbons (Fsp3) is 0.900. The first kappa shape index (κ1) is 10.5. The van der Waals surface area contributed by atoms with Crippen molar-refractivity contribution in [2.24, 2.45) is 5.92 Å². The Bertz CT molecular complexity index is 160. The summed E-state index contributed by atoms with van der Waals surface area (Å²) in [7, 11) is 0. The van der Waals surface area contributed by atoms with Gasteiger partial charge in [-0.25, -0.2) is 5.06 Å². The zero-order valence-corrected chi connectivity index (χ0v) is 8.58. The Hall–Kier alpha value is -0.570. The van der Waals surface area contributed by atoms with E-state index in [1.165, 1.54) is 0 Å². The molecular formula is C10H19NO2. The topological polar surface area (TPSA) is 29.5 Å². The highest BCUT2D eigenvalue weighted by molar-refractivity contribution is 5.77. The van der Waals surface area contributed by atoms with Gasteiger partial charge in [0.2, 0.25) is 5.91 Å². The number of carbonyl (C=O) groups is 1. The maximum atomic E-state index is 11.8. The third-order valence-corrected chi connectivity index (χ3v) is 2.58. The van der Waals surface area contributed by atoms with Gasteiger partial charge in [-0.2, -0.15) is 0 Å². The van der Waals surface area contributed by atoms with Gasteiger partial charge in [0.25, 0.3) is 0 Å². The molecule has 1 amide bonds. The average molecular weight is 185 g/mol. The number of hydroxylamine groups is 2. The molecule has 1 fully saturated rings. The number of carbonyl (C=O) groups excluding carboxylic acids is 1. The largest absolute Gasteiger partial charge is 0.272 e. The van der Waals surface area contributed by atoms with E-state index in [4.69, 9.17) is 4.84 Å². The van der Waals surface area contributed by atoms with Crippen molar-refractivity contribution in [1.82, 2.24) is 5.06 Å². The molecule has 0 aromatic carbocycles. The molecular weight excluding hydrogens is 166 g/mol. The standard InChI is InChI=1S/C10H19NO2/c1-3-9(4-2)10(12)11-7-5-6-8-13-11/h9H,3-8H2,1-2H3. The molecule has 0 spiro atoms. The van der Waals surface area contributed by atoms with E-state index in [9.17, 15) is 4.79 Å². The van der Waals surface area contributed by atoms with Crippen LogP contribution < -0.4 is 0 Å². The third kappa shape index (κ3) is 2.69. The van der Waals surface area contributed by atoms with Crippen LogP contribution >= 0.6 is 0 Å². The first-order valence-corrected chi connectivity index (χ1v) is 5.23. The normalized spacial score (nSPS) is 17.9. The van der Waals surface area contributed by atoms with Crippen LogP contribution in [-0.2, 0) is 9.63 Å². The third-order valence-electron chi connectivity index (χ3n) is 2.58. The molecule has 1 aliphatic rings. The van der Waals surface area contributed by atoms with Gasteiger partial charge in [-0.3, -0.25) is 9.63 Å². The molecule has 1 rings (SSSR count).